The molecule has 1 fully saturated rings. The van der Waals surface area contributed by atoms with Crippen molar-refractivity contribution in [1.29, 1.82) is 0 Å². The Kier molecular flexibility index (Phi) is 6.44. The monoisotopic (exact) mass is 497 g/mol. The lowest BCUT2D eigenvalue weighted by Crippen LogP contribution is -2.40. The van der Waals surface area contributed by atoms with Crippen molar-refractivity contribution in [3.8, 4) is 11.5 Å². The van der Waals surface area contributed by atoms with Gasteiger partial charge in [0.05, 0.1) is 29.5 Å². The fraction of sp³-hybridized carbons (Fsp3) is 0.320. The summed E-state index contributed by atoms with van der Waals surface area (Å²) in [5.74, 6) is 0.811. The van der Waals surface area contributed by atoms with Crippen LogP contribution in [-0.4, -0.2) is 43.6 Å². The summed E-state index contributed by atoms with van der Waals surface area (Å²) in [6.07, 6.45) is 0.938. The molecule has 0 amide bonds. The zero-order valence-electron chi connectivity index (χ0n) is 19.2. The van der Waals surface area contributed by atoms with Crippen LogP contribution in [0.3, 0.4) is 0 Å². The van der Waals surface area contributed by atoms with Crippen molar-refractivity contribution in [2.45, 2.75) is 31.2 Å². The highest BCUT2D eigenvalue weighted by Crippen LogP contribution is 2.30. The van der Waals surface area contributed by atoms with Gasteiger partial charge in [0.2, 0.25) is 10.0 Å². The Morgan fingerprint density at radius 1 is 1.09 bits per heavy atom. The number of furan rings is 1. The predicted molar refractivity (Wildman–Crippen MR) is 134 cm³/mol. The number of benzene rings is 2. The first-order valence-corrected chi connectivity index (χ1v) is 13.7. The van der Waals surface area contributed by atoms with E-state index in [0.717, 1.165) is 33.6 Å². The van der Waals surface area contributed by atoms with Crippen LogP contribution < -0.4 is 4.80 Å². The molecule has 1 unspecified atom stereocenters. The number of nitrogens with zero attached hydrogens (tertiary/aromatic N) is 3. The second-order valence-corrected chi connectivity index (χ2v) is 11.1. The van der Waals surface area contributed by atoms with Crippen LogP contribution in [0.1, 0.15) is 26.3 Å². The van der Waals surface area contributed by atoms with Crippen LogP contribution in [0.4, 0.5) is 5.69 Å². The first kappa shape index (κ1) is 23.0. The molecular formula is C25H27N3O4S2. The molecular weight excluding hydrogens is 470 g/mol. The summed E-state index contributed by atoms with van der Waals surface area (Å²) in [6, 6.07) is 17.0. The molecule has 5 rings (SSSR count). The quantitative estimate of drug-likeness (QED) is 0.367. The van der Waals surface area contributed by atoms with Crippen molar-refractivity contribution in [3.05, 3.63) is 64.8 Å². The van der Waals surface area contributed by atoms with E-state index in [1.807, 2.05) is 24.3 Å². The zero-order valence-corrected chi connectivity index (χ0v) is 20.8. The molecule has 178 valence electrons. The van der Waals surface area contributed by atoms with Crippen molar-refractivity contribution < 1.29 is 17.6 Å². The van der Waals surface area contributed by atoms with Gasteiger partial charge in [0.15, 0.2) is 10.6 Å². The predicted octanol–water partition coefficient (Wildman–Crippen LogP) is 5.19. The van der Waals surface area contributed by atoms with Crippen molar-refractivity contribution in [1.82, 2.24) is 8.87 Å². The Labute approximate surface area is 203 Å². The number of aromatic nitrogens is 1. The molecule has 1 atom stereocenters. The van der Waals surface area contributed by atoms with E-state index >= 15 is 0 Å². The van der Waals surface area contributed by atoms with E-state index < -0.39 is 10.0 Å². The van der Waals surface area contributed by atoms with Gasteiger partial charge >= 0.3 is 0 Å². The number of rotatable bonds is 6. The maximum atomic E-state index is 12.9. The van der Waals surface area contributed by atoms with Gasteiger partial charge in [-0.15, -0.1) is 11.3 Å². The number of para-hydroxylation sites is 1. The van der Waals surface area contributed by atoms with Gasteiger partial charge < -0.3 is 13.7 Å². The normalized spacial score (nSPS) is 16.8. The molecule has 1 saturated heterocycles. The van der Waals surface area contributed by atoms with Gasteiger partial charge in [-0.2, -0.15) is 4.31 Å². The van der Waals surface area contributed by atoms with Crippen LogP contribution in [0.15, 0.2) is 74.3 Å². The van der Waals surface area contributed by atoms with Crippen molar-refractivity contribution in [3.63, 3.8) is 0 Å². The Bertz CT molecular complexity index is 1430. The van der Waals surface area contributed by atoms with E-state index in [-0.39, 0.29) is 10.9 Å². The molecule has 2 aromatic heterocycles. The van der Waals surface area contributed by atoms with Crippen LogP contribution >= 0.6 is 11.3 Å². The number of thiazole rings is 1. The third-order valence-electron chi connectivity index (χ3n) is 6.12. The fourth-order valence-corrected chi connectivity index (χ4v) is 6.44. The average Bonchev–Trinajstić information content (AvgIpc) is 3.48. The van der Waals surface area contributed by atoms with Crippen molar-refractivity contribution >= 4 is 38.0 Å². The molecule has 1 aliphatic heterocycles. The Morgan fingerprint density at radius 2 is 1.82 bits per heavy atom. The van der Waals surface area contributed by atoms with Crippen molar-refractivity contribution in [2.24, 2.45) is 4.99 Å². The van der Waals surface area contributed by atoms with Gasteiger partial charge in [0.1, 0.15) is 5.58 Å². The highest BCUT2D eigenvalue weighted by Gasteiger charge is 2.26. The number of sulfonamides is 1. The lowest BCUT2D eigenvalue weighted by atomic mass is 10.2. The third kappa shape index (κ3) is 4.36. The number of hydrogen-bond acceptors (Lipinski definition) is 6. The van der Waals surface area contributed by atoms with Gasteiger partial charge in [-0.1, -0.05) is 25.1 Å². The minimum absolute atomic E-state index is 0.217. The Hall–Kier alpha value is -2.72. The van der Waals surface area contributed by atoms with Crippen LogP contribution in [0.2, 0.25) is 0 Å². The Balaban J connectivity index is 1.51. The summed E-state index contributed by atoms with van der Waals surface area (Å²) in [7, 11) is -3.53. The Morgan fingerprint density at radius 3 is 2.53 bits per heavy atom. The molecule has 0 saturated carbocycles. The summed E-state index contributed by atoms with van der Waals surface area (Å²) in [4.78, 5) is 5.97. The fourth-order valence-electron chi connectivity index (χ4n) is 4.04. The molecule has 4 aromatic rings. The third-order valence-corrected chi connectivity index (χ3v) is 8.87. The lowest BCUT2D eigenvalue weighted by Gasteiger charge is -2.26. The van der Waals surface area contributed by atoms with E-state index in [4.69, 9.17) is 14.1 Å². The van der Waals surface area contributed by atoms with Gasteiger partial charge in [-0.25, -0.2) is 13.4 Å². The molecule has 7 nitrogen and oxygen atoms in total. The zero-order chi connectivity index (χ0) is 23.7. The van der Waals surface area contributed by atoms with Crippen LogP contribution in [0.25, 0.3) is 22.4 Å². The first-order chi connectivity index (χ1) is 16.5. The molecule has 0 radical (unpaired) electrons. The maximum absolute atomic E-state index is 12.9. The maximum Gasteiger partial charge on any atom is 0.243 e. The van der Waals surface area contributed by atoms with Gasteiger partial charge in [0.25, 0.3) is 0 Å². The van der Waals surface area contributed by atoms with Crippen LogP contribution in [0.5, 0.6) is 0 Å². The number of ether oxygens (including phenoxy) is 1. The first-order valence-electron chi connectivity index (χ1n) is 11.4. The molecule has 2 aromatic carbocycles. The largest absolute Gasteiger partial charge is 0.454 e. The minimum Gasteiger partial charge on any atom is -0.454 e. The highest BCUT2D eigenvalue weighted by molar-refractivity contribution is 7.89. The minimum atomic E-state index is -3.53. The van der Waals surface area contributed by atoms with Gasteiger partial charge in [-0.05, 0) is 49.7 Å². The summed E-state index contributed by atoms with van der Waals surface area (Å²) in [5.41, 5.74) is 2.55. The standard InChI is InChI=1S/C25H27N3O4S2/c1-3-18(2)28-22(24-16-19-6-4-5-7-23(19)32-24)17-33-25(28)26-20-8-10-21(11-9-20)34(29,30)27-12-14-31-15-13-27/h4-11,16-18H,3,12-15H2,1-2H3. The summed E-state index contributed by atoms with van der Waals surface area (Å²) >= 11 is 1.55. The van der Waals surface area contributed by atoms with Crippen LogP contribution in [0, 0.1) is 0 Å². The molecule has 3 heterocycles. The highest BCUT2D eigenvalue weighted by atomic mass is 32.2. The molecule has 0 aliphatic carbocycles. The SMILES string of the molecule is CCC(C)n1c(-c2cc3ccccc3o2)csc1=Nc1ccc(S(=O)(=O)N2CCOCC2)cc1. The van der Waals surface area contributed by atoms with Crippen molar-refractivity contribution in [2.75, 3.05) is 26.3 Å². The van der Waals surface area contributed by atoms with Gasteiger partial charge in [-0.3, -0.25) is 0 Å². The van der Waals surface area contributed by atoms with E-state index in [0.29, 0.717) is 32.0 Å². The molecule has 0 bridgehead atoms. The second kappa shape index (κ2) is 9.50. The van der Waals surface area contributed by atoms with E-state index in [1.165, 1.54) is 4.31 Å². The topological polar surface area (TPSA) is 77.0 Å². The number of morpholine rings is 1. The van der Waals surface area contributed by atoms with E-state index in [1.54, 1.807) is 35.6 Å². The van der Waals surface area contributed by atoms with Crippen LogP contribution in [-0.2, 0) is 14.8 Å². The molecule has 9 heteroatoms. The number of fused-ring (bicyclic) bond motifs is 1. The molecule has 0 spiro atoms. The average molecular weight is 498 g/mol. The second-order valence-electron chi connectivity index (χ2n) is 8.30. The summed E-state index contributed by atoms with van der Waals surface area (Å²) in [5, 5.41) is 3.13. The smallest absolute Gasteiger partial charge is 0.243 e. The van der Waals surface area contributed by atoms with E-state index in [2.05, 4.69) is 29.9 Å². The molecule has 1 aliphatic rings. The summed E-state index contributed by atoms with van der Waals surface area (Å²) < 4.78 is 40.9. The lowest BCUT2D eigenvalue weighted by molar-refractivity contribution is 0.0730. The summed E-state index contributed by atoms with van der Waals surface area (Å²) in [6.45, 7) is 5.91. The number of hydrogen-bond donors (Lipinski definition) is 0. The molecule has 0 N–H and O–H groups in total. The van der Waals surface area contributed by atoms with Gasteiger partial charge in [0, 0.05) is 29.9 Å². The molecule has 34 heavy (non-hydrogen) atoms. The van der Waals surface area contributed by atoms with E-state index in [9.17, 15) is 8.42 Å².